The zero-order valence-electron chi connectivity index (χ0n) is 19.4. The molecule has 11 nitrogen and oxygen atoms in total. The Bertz CT molecular complexity index is 1850. The average molecular weight is 579 g/mol. The highest BCUT2D eigenvalue weighted by molar-refractivity contribution is 7.92. The van der Waals surface area contributed by atoms with Gasteiger partial charge in [-0.2, -0.15) is 5.10 Å². The first-order chi connectivity index (χ1) is 18.6. The van der Waals surface area contributed by atoms with Crippen molar-refractivity contribution in [3.8, 4) is 17.0 Å². The molecule has 0 unspecified atom stereocenters. The van der Waals surface area contributed by atoms with E-state index in [2.05, 4.69) is 30.2 Å². The Hall–Kier alpha value is -4.63. The van der Waals surface area contributed by atoms with Gasteiger partial charge in [-0.1, -0.05) is 22.8 Å². The van der Waals surface area contributed by atoms with Gasteiger partial charge >= 0.3 is 0 Å². The number of fused-ring (bicyclic) bond motifs is 1. The first kappa shape index (κ1) is 26.0. The number of sulfonamides is 1. The number of hydrogen-bond acceptors (Lipinski definition) is 8. The molecule has 0 aliphatic carbocycles. The van der Waals surface area contributed by atoms with Crippen LogP contribution in [0.5, 0.6) is 5.88 Å². The summed E-state index contributed by atoms with van der Waals surface area (Å²) in [7, 11) is -3.37. The van der Waals surface area contributed by atoms with Gasteiger partial charge in [-0.25, -0.2) is 26.6 Å². The van der Waals surface area contributed by atoms with E-state index < -0.39 is 55.1 Å². The van der Waals surface area contributed by atoms with Crippen LogP contribution in [0.25, 0.3) is 22.0 Å². The summed E-state index contributed by atoms with van der Waals surface area (Å²) in [6.45, 7) is 0. The minimum atomic E-state index is -4.54. The zero-order chi connectivity index (χ0) is 27.9. The lowest BCUT2D eigenvalue weighted by Crippen LogP contribution is -2.16. The minimum absolute atomic E-state index is 0.0171. The van der Waals surface area contributed by atoms with E-state index in [-0.39, 0.29) is 33.2 Å². The number of amides is 1. The van der Waals surface area contributed by atoms with E-state index in [1.54, 1.807) is 0 Å². The van der Waals surface area contributed by atoms with Crippen molar-refractivity contribution in [3.05, 3.63) is 77.2 Å². The number of carbonyl (C=O) groups excluding carboxylic acids is 1. The number of aromatic amines is 1. The first-order valence-electron chi connectivity index (χ1n) is 10.7. The fraction of sp³-hybridized carbons (Fsp3) is 0.0435. The highest BCUT2D eigenvalue weighted by atomic mass is 35.5. The third kappa shape index (κ3) is 4.72. The number of rotatable bonds is 7. The molecule has 200 valence electrons. The molecule has 3 N–H and O–H groups in total. The Morgan fingerprint density at radius 1 is 1.13 bits per heavy atom. The maximum Gasteiger partial charge on any atom is 0.274 e. The number of H-pyrrole nitrogens is 1. The highest BCUT2D eigenvalue weighted by Gasteiger charge is 2.27. The van der Waals surface area contributed by atoms with Gasteiger partial charge in [0.15, 0.2) is 16.5 Å². The third-order valence-corrected chi connectivity index (χ3v) is 7.02. The summed E-state index contributed by atoms with van der Waals surface area (Å²) in [6.07, 6.45) is 3.55. The van der Waals surface area contributed by atoms with E-state index in [0.29, 0.717) is 0 Å². The van der Waals surface area contributed by atoms with Crippen LogP contribution < -0.4 is 14.8 Å². The van der Waals surface area contributed by atoms with E-state index in [0.717, 1.165) is 30.5 Å². The van der Waals surface area contributed by atoms with E-state index in [9.17, 15) is 17.6 Å². The van der Waals surface area contributed by atoms with Crippen LogP contribution in [-0.2, 0) is 10.0 Å². The Morgan fingerprint density at radius 3 is 2.64 bits per heavy atom. The summed E-state index contributed by atoms with van der Waals surface area (Å²) in [4.78, 5) is 15.8. The molecule has 0 bridgehead atoms. The molecule has 3 aromatic heterocycles. The Labute approximate surface area is 222 Å². The molecule has 0 aliphatic heterocycles. The van der Waals surface area contributed by atoms with Crippen molar-refractivity contribution in [2.75, 3.05) is 17.1 Å². The zero-order valence-corrected chi connectivity index (χ0v) is 21.0. The quantitative estimate of drug-likeness (QED) is 0.250. The van der Waals surface area contributed by atoms with Gasteiger partial charge in [0, 0.05) is 17.1 Å². The second kappa shape index (κ2) is 9.92. The van der Waals surface area contributed by atoms with E-state index in [1.807, 2.05) is 4.72 Å². The molecule has 3 heterocycles. The number of halogens is 4. The van der Waals surface area contributed by atoms with Crippen LogP contribution in [0.1, 0.15) is 10.5 Å². The largest absolute Gasteiger partial charge is 0.480 e. The van der Waals surface area contributed by atoms with E-state index in [1.165, 1.54) is 25.6 Å². The molecule has 16 heteroatoms. The monoisotopic (exact) mass is 578 g/mol. The second-order valence-corrected chi connectivity index (χ2v) is 9.93. The van der Waals surface area contributed by atoms with Crippen molar-refractivity contribution < 1.29 is 35.6 Å². The summed E-state index contributed by atoms with van der Waals surface area (Å²) >= 11 is 5.85. The summed E-state index contributed by atoms with van der Waals surface area (Å²) in [5.41, 5.74) is -2.42. The van der Waals surface area contributed by atoms with Crippen LogP contribution in [0.4, 0.5) is 24.5 Å². The summed E-state index contributed by atoms with van der Waals surface area (Å²) in [5, 5.41) is 12.0. The van der Waals surface area contributed by atoms with Crippen LogP contribution in [0.2, 0.25) is 5.02 Å². The number of anilines is 2. The van der Waals surface area contributed by atoms with Crippen LogP contribution in [0.15, 0.2) is 58.4 Å². The summed E-state index contributed by atoms with van der Waals surface area (Å²) < 4.78 is 83.3. The highest BCUT2D eigenvalue weighted by Crippen LogP contribution is 2.36. The normalized spacial score (nSPS) is 11.5. The fourth-order valence-corrected chi connectivity index (χ4v) is 5.13. The molecule has 39 heavy (non-hydrogen) atoms. The smallest absolute Gasteiger partial charge is 0.274 e. The Balaban J connectivity index is 1.54. The maximum absolute atomic E-state index is 15.5. The van der Waals surface area contributed by atoms with Crippen LogP contribution in [-0.4, -0.2) is 41.8 Å². The van der Waals surface area contributed by atoms with Crippen LogP contribution in [0.3, 0.4) is 0 Å². The lowest BCUT2D eigenvalue weighted by atomic mass is 10.0. The lowest BCUT2D eigenvalue weighted by molar-refractivity contribution is 0.102. The molecule has 1 amide bonds. The molecular weight excluding hydrogens is 565 g/mol. The lowest BCUT2D eigenvalue weighted by Gasteiger charge is -2.14. The maximum atomic E-state index is 15.5. The fourth-order valence-electron chi connectivity index (χ4n) is 3.71. The van der Waals surface area contributed by atoms with Gasteiger partial charge in [-0.15, -0.1) is 0 Å². The molecule has 0 aliphatic rings. The van der Waals surface area contributed by atoms with Crippen molar-refractivity contribution in [1.29, 1.82) is 0 Å². The molecule has 5 aromatic rings. The third-order valence-electron chi connectivity index (χ3n) is 5.45. The van der Waals surface area contributed by atoms with Crippen molar-refractivity contribution >= 4 is 49.8 Å². The van der Waals surface area contributed by atoms with Crippen molar-refractivity contribution in [2.45, 2.75) is 4.90 Å². The van der Waals surface area contributed by atoms with Crippen molar-refractivity contribution in [1.82, 2.24) is 20.3 Å². The number of carbonyl (C=O) groups is 1. The summed E-state index contributed by atoms with van der Waals surface area (Å²) in [5.74, 6) is -4.78. The standard InChI is InChI=1S/C23H14ClF3N6O5S/c1-37-23-16(6-10(24)7-28-23)39(35,36)33-15-5-4-14(25)17(19(15)27)12-2-3-13-20(18(12)26)31-32-21(13)22(34)30-11-8-29-38-9-11/h2-9,33H,1H3,(H,30,34)(H,31,32). The average Bonchev–Trinajstić information content (AvgIpc) is 3.57. The Kier molecular flexibility index (Phi) is 6.61. The number of methoxy groups -OCH3 is 1. The minimum Gasteiger partial charge on any atom is -0.480 e. The molecule has 5 rings (SSSR count). The first-order valence-corrected chi connectivity index (χ1v) is 12.5. The molecule has 0 atom stereocenters. The van der Waals surface area contributed by atoms with Gasteiger partial charge in [0.05, 0.1) is 29.6 Å². The topological polar surface area (TPSA) is 152 Å². The van der Waals surface area contributed by atoms with Crippen LogP contribution in [0, 0.1) is 17.5 Å². The van der Waals surface area contributed by atoms with Gasteiger partial charge in [-0.3, -0.25) is 14.6 Å². The Morgan fingerprint density at radius 2 is 1.92 bits per heavy atom. The number of nitrogens with one attached hydrogen (secondary N) is 3. The van der Waals surface area contributed by atoms with Crippen molar-refractivity contribution in [2.24, 2.45) is 0 Å². The SMILES string of the molecule is COc1ncc(Cl)cc1S(=O)(=O)Nc1ccc(F)c(-c2ccc3c(C(=O)Nc4cnoc4)[nH]nc3c2F)c1F. The van der Waals surface area contributed by atoms with Crippen LogP contribution >= 0.6 is 11.6 Å². The summed E-state index contributed by atoms with van der Waals surface area (Å²) in [6, 6.07) is 4.88. The number of benzene rings is 2. The molecule has 0 saturated carbocycles. The molecule has 0 radical (unpaired) electrons. The van der Waals surface area contributed by atoms with Crippen molar-refractivity contribution in [3.63, 3.8) is 0 Å². The molecule has 0 spiro atoms. The number of ether oxygens (including phenoxy) is 1. The molecular formula is C23H14ClF3N6O5S. The second-order valence-electron chi connectivity index (χ2n) is 7.84. The van der Waals surface area contributed by atoms with Gasteiger partial charge in [0.25, 0.3) is 15.9 Å². The predicted molar refractivity (Wildman–Crippen MR) is 132 cm³/mol. The number of nitrogens with zero attached hydrogens (tertiary/aromatic N) is 3. The number of pyridine rings is 1. The molecule has 0 fully saturated rings. The van der Waals surface area contributed by atoms with E-state index in [4.69, 9.17) is 16.3 Å². The van der Waals surface area contributed by atoms with Gasteiger partial charge in [0.1, 0.15) is 29.0 Å². The van der Waals surface area contributed by atoms with Gasteiger partial charge < -0.3 is 14.6 Å². The molecule has 0 saturated heterocycles. The number of hydrogen-bond donors (Lipinski definition) is 3. The van der Waals surface area contributed by atoms with Gasteiger partial charge in [0.2, 0.25) is 5.88 Å². The molecule has 2 aromatic carbocycles. The van der Waals surface area contributed by atoms with E-state index >= 15 is 8.78 Å². The van der Waals surface area contributed by atoms with Gasteiger partial charge in [-0.05, 0) is 24.3 Å². The predicted octanol–water partition coefficient (Wildman–Crippen LogP) is 4.75. The number of aromatic nitrogens is 4.